The van der Waals surface area contributed by atoms with E-state index in [2.05, 4.69) is 213 Å². The number of carbonyl (C=O) groups is 1. The molecule has 13 heterocycles. The van der Waals surface area contributed by atoms with Gasteiger partial charge in [0.05, 0.1) is 102 Å². The minimum atomic E-state index is -1.23. The number of hydrogen-bond donors (Lipinski definition) is 2. The first kappa shape index (κ1) is 96.4. The minimum absolute atomic E-state index is 0. The van der Waals surface area contributed by atoms with Crippen LogP contribution >= 0.6 is 0 Å². The van der Waals surface area contributed by atoms with Crippen molar-refractivity contribution in [2.75, 3.05) is 65.6 Å². The van der Waals surface area contributed by atoms with Crippen LogP contribution in [0.1, 0.15) is 98.6 Å². The third kappa shape index (κ3) is 31.1. The molecule has 2 N–H and O–H groups in total. The molecule has 0 saturated heterocycles. The quantitative estimate of drug-likeness (QED) is 0.115. The lowest BCUT2D eigenvalue weighted by atomic mass is 10.0. The topological polar surface area (TPSA) is 280 Å². The van der Waals surface area contributed by atoms with Gasteiger partial charge in [0.1, 0.15) is 11.5 Å². The van der Waals surface area contributed by atoms with Crippen LogP contribution in [0, 0.1) is 6.92 Å². The number of benzene rings is 4. The summed E-state index contributed by atoms with van der Waals surface area (Å²) in [5.41, 5.74) is 15.4. The van der Waals surface area contributed by atoms with Gasteiger partial charge in [-0.15, -0.1) is 0 Å². The maximum atomic E-state index is 10.2. The molecule has 0 amide bonds. The Morgan fingerprint density at radius 3 is 1.36 bits per heavy atom. The van der Waals surface area contributed by atoms with E-state index >= 15 is 0 Å². The van der Waals surface area contributed by atoms with Crippen molar-refractivity contribution in [1.29, 1.82) is 0 Å². The first-order chi connectivity index (χ1) is 55.1. The number of para-hydroxylation sites is 4. The Morgan fingerprint density at radius 1 is 0.390 bits per heavy atom. The number of rotatable bonds is 12. The second-order valence-corrected chi connectivity index (χ2v) is 25.5. The predicted molar refractivity (Wildman–Crippen MR) is 480 cm³/mol. The van der Waals surface area contributed by atoms with Crippen LogP contribution < -0.4 is 29.6 Å². The first-order valence-corrected chi connectivity index (χ1v) is 36.7. The van der Waals surface area contributed by atoms with E-state index in [1.54, 1.807) is 126 Å². The summed E-state index contributed by atoms with van der Waals surface area (Å²) < 4.78 is 0. The average Bonchev–Trinajstić information content (AvgIpc) is 1.65. The van der Waals surface area contributed by atoms with Crippen LogP contribution in [0.4, 0.5) is 40.2 Å². The second kappa shape index (κ2) is 52.4. The first-order valence-electron chi connectivity index (χ1n) is 36.7. The van der Waals surface area contributed by atoms with E-state index in [4.69, 9.17) is 10.2 Å². The number of aromatic carboxylic acids is 1. The van der Waals surface area contributed by atoms with Crippen molar-refractivity contribution in [2.24, 2.45) is 0 Å². The zero-order valence-electron chi connectivity index (χ0n) is 64.7. The number of aromatic nitrogens is 14. The molecular formula is C94H113N20O4-. The zero-order chi connectivity index (χ0) is 79.8. The minimum Gasteiger partial charge on any atom is -0.543 e. The summed E-state index contributed by atoms with van der Waals surface area (Å²) in [6, 6.07) is 67.7. The summed E-state index contributed by atoms with van der Waals surface area (Å²) in [5.74, 6) is 2.21. The SMILES string of the molecule is C.C.C.C.C.CC(O)CC(C)O.CCc1cccc(-c2cc(CC)ccn2)c1.CN1C=CN(c2cnccn2)C1.CN1CN(c2ccccn2)c2ccccc21.CN1CN(c2cnccn2)c2ccccc21.Cc1cccc(C(=O)[O-])n1.c1ccc(-c2ccccn2)cc1.c1ccc(-c2ncccn2)nc1.c1cncc(-c2cnccn2)c1. The Kier molecular flexibility index (Phi) is 42.8. The lowest BCUT2D eigenvalue weighted by molar-refractivity contribution is -0.255. The highest BCUT2D eigenvalue weighted by Gasteiger charge is 2.26. The highest BCUT2D eigenvalue weighted by Crippen LogP contribution is 2.39. The van der Waals surface area contributed by atoms with Crippen molar-refractivity contribution >= 4 is 46.2 Å². The summed E-state index contributed by atoms with van der Waals surface area (Å²) in [6.45, 7) is 11.9. The standard InChI is InChI=1S/C15H17N.C13H13N3.C12H12N4.C11H9N.2C9H7N3.C8H10N4.C7H7NO2.C5H12O2.5CH4/c1-3-12-6-5-7-14(10-12)15-11-13(4-2)8-9-16-15;1-15-10-16(13-8-4-5-9-14-13)12-7-3-2-6-11(12)15;1-15-9-16(12-8-13-6-7-14-12)11-5-3-2-4-10(11)15;1-2-6-10(7-3-1)11-8-4-5-9-12-11;1-2-5-10-8(4-1)9-11-6-3-7-12-9;1-2-8(6-10-3-1)9-7-11-4-5-12-9;1-11-4-5-12(7-11)8-6-9-2-3-10-8;1-5-3-2-4-6(8-5)7(9)10;1-4(6)3-5(2)7;;;;;/h5-11H,3-4H2,1-2H3;2-9H,10H2,1H3;2-8H,9H2,1H3;1-9H;2*1-7H;2-6H,7H2,1H3;2-4H,1H3,(H,9,10);4-7H,3H2,1-2H3;5*1H4/p-1. The molecule has 24 heteroatoms. The number of carbonyl (C=O) groups excluding carboxylic acids is 1. The van der Waals surface area contributed by atoms with Crippen LogP contribution in [-0.2, 0) is 12.8 Å². The molecule has 0 aliphatic carbocycles. The second-order valence-electron chi connectivity index (χ2n) is 25.5. The van der Waals surface area contributed by atoms with Crippen LogP contribution in [-0.4, -0.2) is 144 Å². The monoisotopic (exact) mass is 1590 g/mol. The molecular weight excluding hydrogens is 1470 g/mol. The molecule has 614 valence electrons. The van der Waals surface area contributed by atoms with Crippen molar-refractivity contribution in [2.45, 2.75) is 103 Å². The zero-order valence-corrected chi connectivity index (χ0v) is 64.7. The molecule has 2 unspecified atom stereocenters. The van der Waals surface area contributed by atoms with Gasteiger partial charge in [0.2, 0.25) is 0 Å². The van der Waals surface area contributed by atoms with E-state index in [0.717, 1.165) is 84.2 Å². The summed E-state index contributed by atoms with van der Waals surface area (Å²) in [7, 11) is 6.20. The summed E-state index contributed by atoms with van der Waals surface area (Å²) in [4.78, 5) is 80.9. The number of pyridine rings is 6. The van der Waals surface area contributed by atoms with Crippen LogP contribution in [0.15, 0.2) is 324 Å². The number of anilines is 7. The fraction of sp³-hybridized carbons (Fsp3) is 0.223. The Bertz CT molecular complexity index is 4610. The fourth-order valence-corrected chi connectivity index (χ4v) is 11.2. The normalized spacial score (nSPS) is 11.7. The van der Waals surface area contributed by atoms with Gasteiger partial charge in [-0.3, -0.25) is 44.9 Å². The number of aliphatic hydroxyl groups excluding tert-OH is 2. The van der Waals surface area contributed by atoms with Crippen molar-refractivity contribution in [3.63, 3.8) is 0 Å². The molecule has 118 heavy (non-hydrogen) atoms. The molecule has 0 radical (unpaired) electrons. The van der Waals surface area contributed by atoms with Gasteiger partial charge >= 0.3 is 0 Å². The van der Waals surface area contributed by atoms with Gasteiger partial charge in [-0.25, -0.2) is 24.9 Å². The van der Waals surface area contributed by atoms with E-state index < -0.39 is 5.97 Å². The fourth-order valence-electron chi connectivity index (χ4n) is 11.2. The Hall–Kier alpha value is -14.0. The highest BCUT2D eigenvalue weighted by atomic mass is 16.4. The maximum absolute atomic E-state index is 10.2. The van der Waals surface area contributed by atoms with Gasteiger partial charge in [-0.05, 0) is 160 Å². The Labute approximate surface area is 697 Å². The number of carboxylic acid groups (broad SMARTS) is 1. The van der Waals surface area contributed by atoms with Crippen molar-refractivity contribution in [1.82, 2.24) is 74.7 Å². The lowest BCUT2D eigenvalue weighted by Crippen LogP contribution is -2.24. The molecule has 0 fully saturated rings. The van der Waals surface area contributed by atoms with Gasteiger partial charge < -0.3 is 49.5 Å². The Balaban J connectivity index is 0.000000280. The van der Waals surface area contributed by atoms with Gasteiger partial charge in [0.15, 0.2) is 17.5 Å². The number of hydrogen-bond acceptors (Lipinski definition) is 24. The van der Waals surface area contributed by atoms with Crippen molar-refractivity contribution < 1.29 is 20.1 Å². The summed E-state index contributed by atoms with van der Waals surface area (Å²) in [5, 5.41) is 27.3. The highest BCUT2D eigenvalue weighted by molar-refractivity contribution is 5.83. The average molecular weight is 1590 g/mol. The molecule has 4 aromatic carbocycles. The van der Waals surface area contributed by atoms with Crippen LogP contribution in [0.25, 0.3) is 45.3 Å². The predicted octanol–water partition coefficient (Wildman–Crippen LogP) is 18.1. The third-order valence-corrected chi connectivity index (χ3v) is 16.7. The number of aliphatic hydroxyl groups is 2. The molecule has 3 aliphatic heterocycles. The van der Waals surface area contributed by atoms with Crippen molar-refractivity contribution in [3.8, 4) is 45.3 Å². The van der Waals surface area contributed by atoms with E-state index in [1.165, 1.54) is 45.5 Å². The molecule has 0 saturated carbocycles. The lowest BCUT2D eigenvalue weighted by Gasteiger charge is -2.17. The van der Waals surface area contributed by atoms with E-state index in [1.807, 2.05) is 134 Å². The third-order valence-electron chi connectivity index (χ3n) is 16.7. The van der Waals surface area contributed by atoms with Gasteiger partial charge in [0.25, 0.3) is 0 Å². The number of nitrogens with zero attached hydrogens (tertiary/aromatic N) is 20. The molecule has 0 spiro atoms. The van der Waals surface area contributed by atoms with E-state index in [-0.39, 0.29) is 55.0 Å². The molecule has 0 bridgehead atoms. The Morgan fingerprint density at radius 2 is 0.873 bits per heavy atom. The van der Waals surface area contributed by atoms with Gasteiger partial charge in [-0.1, -0.05) is 148 Å². The van der Waals surface area contributed by atoms with E-state index in [0.29, 0.717) is 17.9 Å². The summed E-state index contributed by atoms with van der Waals surface area (Å²) >= 11 is 0. The van der Waals surface area contributed by atoms with Crippen LogP contribution in [0.3, 0.4) is 0 Å². The molecule has 2 atom stereocenters. The van der Waals surface area contributed by atoms with Crippen LogP contribution in [0.5, 0.6) is 0 Å². The molecule has 17 rings (SSSR count). The summed E-state index contributed by atoms with van der Waals surface area (Å²) in [6.07, 6.45) is 35.4. The molecule has 3 aliphatic rings. The smallest absolute Gasteiger partial charge is 0.178 e. The number of aryl methyl sites for hydroxylation is 3. The van der Waals surface area contributed by atoms with Gasteiger partial charge in [-0.2, -0.15) is 0 Å². The number of fused-ring (bicyclic) bond motifs is 2. The largest absolute Gasteiger partial charge is 0.543 e. The molecule has 24 nitrogen and oxygen atoms in total. The van der Waals surface area contributed by atoms with Crippen molar-refractivity contribution in [3.05, 3.63) is 347 Å². The molecule has 10 aromatic heterocycles. The van der Waals surface area contributed by atoms with Gasteiger partial charge in [0, 0.05) is 143 Å². The maximum Gasteiger partial charge on any atom is 0.178 e. The number of carboxylic acids is 1. The molecule has 14 aromatic rings. The van der Waals surface area contributed by atoms with E-state index in [9.17, 15) is 9.90 Å². The van der Waals surface area contributed by atoms with Crippen LogP contribution in [0.2, 0.25) is 0 Å².